The van der Waals surface area contributed by atoms with Crippen molar-refractivity contribution in [1.82, 2.24) is 25.1 Å². The normalized spacial score (nSPS) is 15.2. The molecule has 1 fully saturated rings. The summed E-state index contributed by atoms with van der Waals surface area (Å²) in [7, 11) is 0. The molecule has 1 unspecified atom stereocenters. The molecular formula is C42H49N7O6. The van der Waals surface area contributed by atoms with Crippen molar-refractivity contribution in [2.75, 3.05) is 25.0 Å². The second-order valence-corrected chi connectivity index (χ2v) is 15.2. The number of carbonyl (C=O) groups is 4. The van der Waals surface area contributed by atoms with Gasteiger partial charge >= 0.3 is 6.09 Å². The molecule has 0 aliphatic carbocycles. The van der Waals surface area contributed by atoms with Gasteiger partial charge < -0.3 is 34.9 Å². The zero-order chi connectivity index (χ0) is 39.6. The number of benzene rings is 3. The van der Waals surface area contributed by atoms with Crippen molar-refractivity contribution in [2.45, 2.75) is 82.7 Å². The van der Waals surface area contributed by atoms with E-state index in [4.69, 9.17) is 9.47 Å². The fraction of sp³-hybridized carbons (Fsp3) is 0.381. The van der Waals surface area contributed by atoms with Crippen LogP contribution in [-0.4, -0.2) is 75.1 Å². The van der Waals surface area contributed by atoms with Crippen molar-refractivity contribution in [2.24, 2.45) is 0 Å². The lowest BCUT2D eigenvalue weighted by Crippen LogP contribution is -2.59. The number of rotatable bonds is 13. The smallest absolute Gasteiger partial charge is 0.408 e. The van der Waals surface area contributed by atoms with Gasteiger partial charge in [0.2, 0.25) is 11.8 Å². The molecule has 1 saturated heterocycles. The lowest BCUT2D eigenvalue weighted by Gasteiger charge is -2.39. The Bertz CT molecular complexity index is 1960. The number of imidazole rings is 1. The van der Waals surface area contributed by atoms with Crippen molar-refractivity contribution in [3.8, 4) is 6.07 Å². The number of piperidine rings is 1. The highest BCUT2D eigenvalue weighted by molar-refractivity contribution is 5.98. The highest BCUT2D eigenvalue weighted by Crippen LogP contribution is 2.36. The number of aromatic nitrogens is 2. The zero-order valence-corrected chi connectivity index (χ0v) is 32.0. The summed E-state index contributed by atoms with van der Waals surface area (Å²) in [6, 6.07) is 28.9. The number of hydrogen-bond acceptors (Lipinski definition) is 8. The Kier molecular flexibility index (Phi) is 12.7. The van der Waals surface area contributed by atoms with E-state index in [0.717, 1.165) is 16.7 Å². The van der Waals surface area contributed by atoms with Crippen LogP contribution < -0.4 is 16.0 Å². The van der Waals surface area contributed by atoms with E-state index in [-0.39, 0.29) is 24.9 Å². The summed E-state index contributed by atoms with van der Waals surface area (Å²) < 4.78 is 12.8. The number of nitrogens with one attached hydrogen (secondary N) is 3. The molecule has 1 aliphatic rings. The average molecular weight is 748 g/mol. The van der Waals surface area contributed by atoms with Crippen LogP contribution in [0.3, 0.4) is 0 Å². The molecule has 4 amide bonds. The molecule has 3 aromatic carbocycles. The van der Waals surface area contributed by atoms with E-state index in [0.29, 0.717) is 25.9 Å². The van der Waals surface area contributed by atoms with E-state index in [1.165, 1.54) is 20.2 Å². The Morgan fingerprint density at radius 2 is 1.49 bits per heavy atom. The van der Waals surface area contributed by atoms with Gasteiger partial charge in [0.25, 0.3) is 5.91 Å². The molecule has 13 heteroatoms. The van der Waals surface area contributed by atoms with Gasteiger partial charge in [-0.1, -0.05) is 91.0 Å². The molecule has 2 atom stereocenters. The highest BCUT2D eigenvalue weighted by Gasteiger charge is 2.40. The molecule has 1 aromatic heterocycles. The third-order valence-electron chi connectivity index (χ3n) is 9.37. The SMILES string of the molecule is CC(C)(C)OC(=O)NC(C)(C)C(=O)N[C@H](COCc1ccccc1)C(=O)Nc1cn(C(C(=O)N2CCC(C#N)(c3ccccc3)CC2)c2ccccc2)cn1. The Morgan fingerprint density at radius 3 is 2.09 bits per heavy atom. The first-order valence-electron chi connectivity index (χ1n) is 18.3. The summed E-state index contributed by atoms with van der Waals surface area (Å²) >= 11 is 0. The van der Waals surface area contributed by atoms with Crippen molar-refractivity contribution in [3.05, 3.63) is 120 Å². The van der Waals surface area contributed by atoms with E-state index < -0.39 is 46.5 Å². The quantitative estimate of drug-likeness (QED) is 0.161. The van der Waals surface area contributed by atoms with Crippen LogP contribution in [0.25, 0.3) is 0 Å². The maximum absolute atomic E-state index is 14.3. The molecule has 0 spiro atoms. The van der Waals surface area contributed by atoms with E-state index in [1.807, 2.05) is 91.0 Å². The molecule has 0 saturated carbocycles. The number of carbonyl (C=O) groups excluding carboxylic acids is 4. The average Bonchev–Trinajstić information content (AvgIpc) is 3.62. The Balaban J connectivity index is 1.32. The summed E-state index contributed by atoms with van der Waals surface area (Å²) in [4.78, 5) is 60.3. The molecule has 4 aromatic rings. The monoisotopic (exact) mass is 747 g/mol. The Hall–Kier alpha value is -6.00. The first-order valence-corrected chi connectivity index (χ1v) is 18.3. The third kappa shape index (κ3) is 10.6. The van der Waals surface area contributed by atoms with Crippen LogP contribution in [0.5, 0.6) is 0 Å². The molecule has 3 N–H and O–H groups in total. The van der Waals surface area contributed by atoms with Crippen LogP contribution in [0.4, 0.5) is 10.6 Å². The summed E-state index contributed by atoms with van der Waals surface area (Å²) in [6.07, 6.45) is 3.25. The minimum absolute atomic E-state index is 0.151. The van der Waals surface area contributed by atoms with Crippen molar-refractivity contribution in [1.29, 1.82) is 5.26 Å². The molecule has 13 nitrogen and oxygen atoms in total. The predicted octanol–water partition coefficient (Wildman–Crippen LogP) is 5.50. The number of nitriles is 1. The summed E-state index contributed by atoms with van der Waals surface area (Å²) in [6.45, 7) is 8.92. The van der Waals surface area contributed by atoms with Crippen LogP contribution in [0.1, 0.15) is 70.2 Å². The molecule has 288 valence electrons. The number of hydrogen-bond donors (Lipinski definition) is 3. The highest BCUT2D eigenvalue weighted by atomic mass is 16.6. The Labute approximate surface area is 322 Å². The minimum atomic E-state index is -1.45. The maximum atomic E-state index is 14.3. The van der Waals surface area contributed by atoms with E-state index in [9.17, 15) is 24.4 Å². The molecule has 0 bridgehead atoms. The molecule has 1 aliphatic heterocycles. The second kappa shape index (κ2) is 17.4. The van der Waals surface area contributed by atoms with E-state index in [2.05, 4.69) is 27.0 Å². The zero-order valence-electron chi connectivity index (χ0n) is 32.0. The lowest BCUT2D eigenvalue weighted by molar-refractivity contribution is -0.135. The number of anilines is 1. The number of amides is 4. The summed E-state index contributed by atoms with van der Waals surface area (Å²) in [5, 5.41) is 18.2. The van der Waals surface area contributed by atoms with Crippen LogP contribution in [0.2, 0.25) is 0 Å². The van der Waals surface area contributed by atoms with E-state index in [1.54, 1.807) is 36.4 Å². The van der Waals surface area contributed by atoms with E-state index >= 15 is 0 Å². The van der Waals surface area contributed by atoms with Gasteiger partial charge in [-0.2, -0.15) is 5.26 Å². The first kappa shape index (κ1) is 40.2. The van der Waals surface area contributed by atoms with Gasteiger partial charge in [-0.25, -0.2) is 9.78 Å². The molecule has 55 heavy (non-hydrogen) atoms. The third-order valence-corrected chi connectivity index (χ3v) is 9.37. The van der Waals surface area contributed by atoms with Crippen LogP contribution in [-0.2, 0) is 35.9 Å². The first-order chi connectivity index (χ1) is 26.2. The van der Waals surface area contributed by atoms with Crippen LogP contribution >= 0.6 is 0 Å². The van der Waals surface area contributed by atoms with Gasteiger partial charge in [-0.05, 0) is 64.2 Å². The van der Waals surface area contributed by atoms with Gasteiger partial charge in [0.15, 0.2) is 5.82 Å². The van der Waals surface area contributed by atoms with Gasteiger partial charge in [0.05, 0.1) is 31.0 Å². The lowest BCUT2D eigenvalue weighted by atomic mass is 9.74. The van der Waals surface area contributed by atoms with Crippen molar-refractivity contribution >= 4 is 29.6 Å². The van der Waals surface area contributed by atoms with Crippen molar-refractivity contribution < 1.29 is 28.7 Å². The molecular weight excluding hydrogens is 699 g/mol. The fourth-order valence-corrected chi connectivity index (χ4v) is 6.34. The largest absolute Gasteiger partial charge is 0.444 e. The number of nitrogens with zero attached hydrogens (tertiary/aromatic N) is 4. The minimum Gasteiger partial charge on any atom is -0.444 e. The van der Waals surface area contributed by atoms with Gasteiger partial charge in [0, 0.05) is 19.3 Å². The summed E-state index contributed by atoms with van der Waals surface area (Å²) in [5.41, 5.74) is -0.360. The van der Waals surface area contributed by atoms with Crippen LogP contribution in [0.15, 0.2) is 104 Å². The molecule has 0 radical (unpaired) electrons. The maximum Gasteiger partial charge on any atom is 0.408 e. The van der Waals surface area contributed by atoms with Gasteiger partial charge in [-0.3, -0.25) is 14.4 Å². The number of alkyl carbamates (subject to hydrolysis) is 1. The standard InChI is InChI=1S/C42H49N7O6/c1-40(2,3)55-39(53)47-41(4,5)38(52)45-33(27-54-26-30-15-9-6-10-16-30)36(50)46-34-25-49(29-44-34)35(31-17-11-7-12-18-31)37(51)48-23-21-42(28-43,22-24-48)32-19-13-8-14-20-32/h6-20,25,29,33,35H,21-24,26-27H2,1-5H3,(H,45,52)(H,46,50)(H,47,53)/t33-,35?/m1/s1. The predicted molar refractivity (Wildman–Crippen MR) is 206 cm³/mol. The van der Waals surface area contributed by atoms with Crippen molar-refractivity contribution in [3.63, 3.8) is 0 Å². The fourth-order valence-electron chi connectivity index (χ4n) is 6.34. The van der Waals surface area contributed by atoms with Gasteiger partial charge in [-0.15, -0.1) is 0 Å². The van der Waals surface area contributed by atoms with Crippen LogP contribution in [0, 0.1) is 11.3 Å². The Morgan fingerprint density at radius 1 is 0.891 bits per heavy atom. The second-order valence-electron chi connectivity index (χ2n) is 15.2. The summed E-state index contributed by atoms with van der Waals surface area (Å²) in [5.74, 6) is -1.28. The molecule has 5 rings (SSSR count). The van der Waals surface area contributed by atoms with Gasteiger partial charge in [0.1, 0.15) is 23.2 Å². The topological polar surface area (TPSA) is 168 Å². The number of likely N-dealkylation sites (tertiary alicyclic amines) is 1. The number of ether oxygens (including phenoxy) is 2. The molecule has 2 heterocycles.